The number of ether oxygens (including phenoxy) is 2. The molecule has 4 heteroatoms. The lowest BCUT2D eigenvalue weighted by molar-refractivity contribution is 0.198. The molecule has 1 heterocycles. The van der Waals surface area contributed by atoms with E-state index < -0.39 is 6.10 Å². The van der Waals surface area contributed by atoms with Crippen molar-refractivity contribution >= 4 is 0 Å². The van der Waals surface area contributed by atoms with Gasteiger partial charge in [-0.25, -0.2) is 4.98 Å². The van der Waals surface area contributed by atoms with E-state index in [1.165, 1.54) is 0 Å². The number of aromatic nitrogens is 1. The summed E-state index contributed by atoms with van der Waals surface area (Å²) in [6.07, 6.45) is 1.08. The molecule has 0 fully saturated rings. The molecule has 0 aliphatic rings. The van der Waals surface area contributed by atoms with Crippen LogP contribution in [0.2, 0.25) is 0 Å². The third-order valence-corrected chi connectivity index (χ3v) is 2.60. The minimum absolute atomic E-state index is 0.494. The van der Waals surface area contributed by atoms with E-state index in [-0.39, 0.29) is 0 Å². The van der Waals surface area contributed by atoms with Crippen LogP contribution in [-0.2, 0) is 0 Å². The average molecular weight is 259 g/mol. The SMILES string of the molecule is CCOc1ccc(Oc2ccc(C(C)O)cn2)cc1. The van der Waals surface area contributed by atoms with Crippen LogP contribution in [0.1, 0.15) is 25.5 Å². The standard InChI is InChI=1S/C15H17NO3/c1-3-18-13-5-7-14(8-6-13)19-15-9-4-12(10-16-15)11(2)17/h4-11,17H,3H2,1-2H3. The van der Waals surface area contributed by atoms with E-state index in [9.17, 15) is 5.11 Å². The lowest BCUT2D eigenvalue weighted by Crippen LogP contribution is -1.94. The summed E-state index contributed by atoms with van der Waals surface area (Å²) < 4.78 is 11.0. The van der Waals surface area contributed by atoms with Crippen LogP contribution < -0.4 is 9.47 Å². The lowest BCUT2D eigenvalue weighted by Gasteiger charge is -2.08. The highest BCUT2D eigenvalue weighted by molar-refractivity contribution is 5.33. The molecular weight excluding hydrogens is 242 g/mol. The van der Waals surface area contributed by atoms with Crippen LogP contribution in [0, 0.1) is 0 Å². The summed E-state index contributed by atoms with van der Waals surface area (Å²) in [6.45, 7) is 4.28. The number of hydrogen-bond donors (Lipinski definition) is 1. The highest BCUT2D eigenvalue weighted by Crippen LogP contribution is 2.23. The Morgan fingerprint density at radius 3 is 2.32 bits per heavy atom. The summed E-state index contributed by atoms with van der Waals surface area (Å²) in [6, 6.07) is 10.9. The molecule has 19 heavy (non-hydrogen) atoms. The van der Waals surface area contributed by atoms with Crippen LogP contribution in [0.25, 0.3) is 0 Å². The van der Waals surface area contributed by atoms with Gasteiger partial charge in [0.2, 0.25) is 5.88 Å². The van der Waals surface area contributed by atoms with E-state index in [4.69, 9.17) is 9.47 Å². The van der Waals surface area contributed by atoms with Gasteiger partial charge < -0.3 is 14.6 Å². The molecule has 1 unspecified atom stereocenters. The Morgan fingerprint density at radius 1 is 1.11 bits per heavy atom. The zero-order chi connectivity index (χ0) is 13.7. The van der Waals surface area contributed by atoms with Gasteiger partial charge in [-0.05, 0) is 49.7 Å². The van der Waals surface area contributed by atoms with Crippen molar-refractivity contribution in [3.8, 4) is 17.4 Å². The van der Waals surface area contributed by atoms with Crippen molar-refractivity contribution in [3.05, 3.63) is 48.2 Å². The Balaban J connectivity index is 2.04. The summed E-state index contributed by atoms with van der Waals surface area (Å²) in [5.41, 5.74) is 0.763. The molecule has 1 N–H and O–H groups in total. The van der Waals surface area contributed by atoms with Crippen LogP contribution >= 0.6 is 0 Å². The Bertz CT molecular complexity index is 506. The van der Waals surface area contributed by atoms with Crippen LogP contribution in [0.15, 0.2) is 42.6 Å². The average Bonchev–Trinajstić information content (AvgIpc) is 2.42. The van der Waals surface area contributed by atoms with Gasteiger partial charge in [-0.2, -0.15) is 0 Å². The maximum Gasteiger partial charge on any atom is 0.219 e. The monoisotopic (exact) mass is 259 g/mol. The van der Waals surface area contributed by atoms with Crippen molar-refractivity contribution in [1.29, 1.82) is 0 Å². The molecule has 0 amide bonds. The quantitative estimate of drug-likeness (QED) is 0.894. The van der Waals surface area contributed by atoms with Gasteiger partial charge in [0.25, 0.3) is 0 Å². The number of rotatable bonds is 5. The van der Waals surface area contributed by atoms with Gasteiger partial charge >= 0.3 is 0 Å². The predicted octanol–water partition coefficient (Wildman–Crippen LogP) is 3.33. The van der Waals surface area contributed by atoms with Gasteiger partial charge in [0.05, 0.1) is 12.7 Å². The van der Waals surface area contributed by atoms with Crippen molar-refractivity contribution in [2.24, 2.45) is 0 Å². The summed E-state index contributed by atoms with van der Waals surface area (Å²) in [4.78, 5) is 4.14. The highest BCUT2D eigenvalue weighted by atomic mass is 16.5. The molecule has 0 saturated carbocycles. The molecule has 0 spiro atoms. The first-order chi connectivity index (χ1) is 9.19. The largest absolute Gasteiger partial charge is 0.494 e. The Labute approximate surface area is 112 Å². The van der Waals surface area contributed by atoms with Crippen LogP contribution in [-0.4, -0.2) is 16.7 Å². The van der Waals surface area contributed by atoms with Gasteiger partial charge in [-0.3, -0.25) is 0 Å². The minimum atomic E-state index is -0.521. The molecule has 0 aliphatic heterocycles. The molecule has 1 aromatic carbocycles. The Morgan fingerprint density at radius 2 is 1.79 bits per heavy atom. The maximum absolute atomic E-state index is 9.39. The van der Waals surface area contributed by atoms with E-state index >= 15 is 0 Å². The van der Waals surface area contributed by atoms with Gasteiger partial charge in [-0.1, -0.05) is 0 Å². The van der Waals surface area contributed by atoms with Crippen LogP contribution in [0.5, 0.6) is 17.4 Å². The fraction of sp³-hybridized carbons (Fsp3) is 0.267. The summed E-state index contributed by atoms with van der Waals surface area (Å²) in [5.74, 6) is 2.00. The Kier molecular flexibility index (Phi) is 4.36. The summed E-state index contributed by atoms with van der Waals surface area (Å²) >= 11 is 0. The predicted molar refractivity (Wildman–Crippen MR) is 72.6 cm³/mol. The highest BCUT2D eigenvalue weighted by Gasteiger charge is 2.03. The molecule has 1 atom stereocenters. The van der Waals surface area contributed by atoms with E-state index in [0.29, 0.717) is 18.2 Å². The van der Waals surface area contributed by atoms with Gasteiger partial charge in [0.1, 0.15) is 11.5 Å². The maximum atomic E-state index is 9.39. The number of hydrogen-bond acceptors (Lipinski definition) is 4. The number of benzene rings is 1. The van der Waals surface area contributed by atoms with Crippen molar-refractivity contribution in [3.63, 3.8) is 0 Å². The molecule has 1 aromatic heterocycles. The van der Waals surface area contributed by atoms with Crippen molar-refractivity contribution in [2.45, 2.75) is 20.0 Å². The van der Waals surface area contributed by atoms with Gasteiger partial charge in [0.15, 0.2) is 0 Å². The first-order valence-electron chi connectivity index (χ1n) is 6.23. The second kappa shape index (κ2) is 6.20. The number of nitrogens with zero attached hydrogens (tertiary/aromatic N) is 1. The van der Waals surface area contributed by atoms with E-state index in [2.05, 4.69) is 4.98 Å². The van der Waals surface area contributed by atoms with Gasteiger partial charge in [0, 0.05) is 12.3 Å². The van der Waals surface area contributed by atoms with Crippen molar-refractivity contribution in [2.75, 3.05) is 6.61 Å². The van der Waals surface area contributed by atoms with E-state index in [1.807, 2.05) is 31.2 Å². The van der Waals surface area contributed by atoms with Gasteiger partial charge in [-0.15, -0.1) is 0 Å². The molecule has 2 aromatic rings. The smallest absolute Gasteiger partial charge is 0.219 e. The third-order valence-electron chi connectivity index (χ3n) is 2.60. The fourth-order valence-corrected chi connectivity index (χ4v) is 1.59. The van der Waals surface area contributed by atoms with Crippen LogP contribution in [0.3, 0.4) is 0 Å². The number of aliphatic hydroxyl groups excluding tert-OH is 1. The Hall–Kier alpha value is -2.07. The third kappa shape index (κ3) is 3.69. The number of pyridine rings is 1. The van der Waals surface area contributed by atoms with Crippen molar-refractivity contribution in [1.82, 2.24) is 4.98 Å². The van der Waals surface area contributed by atoms with Crippen LogP contribution in [0.4, 0.5) is 0 Å². The molecule has 4 nitrogen and oxygen atoms in total. The fourth-order valence-electron chi connectivity index (χ4n) is 1.59. The molecule has 0 radical (unpaired) electrons. The lowest BCUT2D eigenvalue weighted by atomic mass is 10.2. The molecule has 2 rings (SSSR count). The molecule has 0 aliphatic carbocycles. The molecule has 100 valence electrons. The normalized spacial score (nSPS) is 11.9. The second-order valence-corrected chi connectivity index (χ2v) is 4.11. The number of aliphatic hydroxyl groups is 1. The van der Waals surface area contributed by atoms with Crippen molar-refractivity contribution < 1.29 is 14.6 Å². The summed E-state index contributed by atoms with van der Waals surface area (Å²) in [5, 5.41) is 9.39. The first-order valence-corrected chi connectivity index (χ1v) is 6.23. The first kappa shape index (κ1) is 13.4. The zero-order valence-corrected chi connectivity index (χ0v) is 11.0. The molecule has 0 bridgehead atoms. The van der Waals surface area contributed by atoms with E-state index in [0.717, 1.165) is 11.3 Å². The summed E-state index contributed by atoms with van der Waals surface area (Å²) in [7, 11) is 0. The second-order valence-electron chi connectivity index (χ2n) is 4.11. The van der Waals surface area contributed by atoms with E-state index in [1.54, 1.807) is 25.3 Å². The molecular formula is C15H17NO3. The topological polar surface area (TPSA) is 51.6 Å². The minimum Gasteiger partial charge on any atom is -0.494 e. The molecule has 0 saturated heterocycles. The zero-order valence-electron chi connectivity index (χ0n) is 11.0.